The van der Waals surface area contributed by atoms with Crippen molar-refractivity contribution < 1.29 is 4.74 Å². The van der Waals surface area contributed by atoms with E-state index in [-0.39, 0.29) is 0 Å². The van der Waals surface area contributed by atoms with Gasteiger partial charge in [-0.25, -0.2) is 0 Å². The molecule has 2 N–H and O–H groups in total. The number of benzene rings is 2. The second kappa shape index (κ2) is 8.89. The number of nitrogens with one attached hydrogen (secondary N) is 2. The molecule has 4 unspecified atom stereocenters. The van der Waals surface area contributed by atoms with Crippen molar-refractivity contribution in [3.63, 3.8) is 0 Å². The molecule has 4 atom stereocenters. The normalized spacial score (nSPS) is 30.1. The Morgan fingerprint density at radius 3 is 2.41 bits per heavy atom. The fraction of sp³-hybridized carbons (Fsp3) is 0.538. The van der Waals surface area contributed by atoms with E-state index in [0.29, 0.717) is 24.6 Å². The van der Waals surface area contributed by atoms with Gasteiger partial charge < -0.3 is 15.4 Å². The molecule has 0 aromatic heterocycles. The summed E-state index contributed by atoms with van der Waals surface area (Å²) in [5.74, 6) is 4.01. The van der Waals surface area contributed by atoms with Gasteiger partial charge >= 0.3 is 0 Å². The minimum Gasteiger partial charge on any atom is -0.489 e. The van der Waals surface area contributed by atoms with E-state index < -0.39 is 0 Å². The lowest BCUT2D eigenvalue weighted by molar-refractivity contribution is 0.142. The second-order valence-electron chi connectivity index (χ2n) is 9.26. The van der Waals surface area contributed by atoms with Gasteiger partial charge in [0.2, 0.25) is 0 Å². The average molecular weight is 391 g/mol. The van der Waals surface area contributed by atoms with Gasteiger partial charge in [-0.2, -0.15) is 0 Å². The van der Waals surface area contributed by atoms with Crippen LogP contribution in [0.25, 0.3) is 0 Å². The van der Waals surface area contributed by atoms with Crippen LogP contribution >= 0.6 is 0 Å². The first-order valence-electron chi connectivity index (χ1n) is 11.6. The smallest absolute Gasteiger partial charge is 0.119 e. The summed E-state index contributed by atoms with van der Waals surface area (Å²) < 4.78 is 6.11. The number of hydrogen-bond donors (Lipinski definition) is 2. The second-order valence-corrected chi connectivity index (χ2v) is 9.26. The highest BCUT2D eigenvalue weighted by Crippen LogP contribution is 2.43. The van der Waals surface area contributed by atoms with Crippen molar-refractivity contribution in [2.45, 2.75) is 57.2 Å². The van der Waals surface area contributed by atoms with Crippen LogP contribution in [0.3, 0.4) is 0 Å². The first-order valence-corrected chi connectivity index (χ1v) is 11.6. The molecule has 3 aliphatic rings. The van der Waals surface area contributed by atoms with Crippen LogP contribution in [0.5, 0.6) is 5.75 Å². The summed E-state index contributed by atoms with van der Waals surface area (Å²) in [5.41, 5.74) is 2.82. The van der Waals surface area contributed by atoms with E-state index in [0.717, 1.165) is 24.1 Å². The van der Waals surface area contributed by atoms with Gasteiger partial charge in [-0.15, -0.1) is 0 Å². The van der Waals surface area contributed by atoms with Gasteiger partial charge in [0.15, 0.2) is 0 Å². The molecule has 0 bridgehead atoms. The molecule has 3 fully saturated rings. The molecule has 154 valence electrons. The summed E-state index contributed by atoms with van der Waals surface area (Å²) in [5, 5.41) is 7.64. The van der Waals surface area contributed by atoms with Gasteiger partial charge in [0.05, 0.1) is 6.17 Å². The summed E-state index contributed by atoms with van der Waals surface area (Å²) in [6, 6.07) is 19.1. The molecule has 5 rings (SSSR count). The van der Waals surface area contributed by atoms with Crippen LogP contribution in [0.2, 0.25) is 0 Å². The van der Waals surface area contributed by atoms with Crippen molar-refractivity contribution in [2.24, 2.45) is 17.8 Å². The molecular weight excluding hydrogens is 356 g/mol. The summed E-state index contributed by atoms with van der Waals surface area (Å²) in [6.45, 7) is 2.92. The molecule has 2 heterocycles. The average Bonchev–Trinajstić information content (AvgIpc) is 3.22. The Bertz CT molecular complexity index is 786. The Balaban J connectivity index is 1.31. The van der Waals surface area contributed by atoms with Crippen LogP contribution in [0.1, 0.15) is 55.6 Å². The minimum absolute atomic E-state index is 0.475. The molecule has 3 nitrogen and oxygen atoms in total. The van der Waals surface area contributed by atoms with Gasteiger partial charge in [-0.1, -0.05) is 74.6 Å². The van der Waals surface area contributed by atoms with Crippen LogP contribution in [-0.4, -0.2) is 19.3 Å². The molecule has 0 amide bonds. The van der Waals surface area contributed by atoms with E-state index >= 15 is 0 Å². The van der Waals surface area contributed by atoms with Crippen LogP contribution in [-0.2, 0) is 6.61 Å². The van der Waals surface area contributed by atoms with Gasteiger partial charge in [-0.3, -0.25) is 0 Å². The first-order chi connectivity index (χ1) is 14.4. The minimum atomic E-state index is 0.475. The van der Waals surface area contributed by atoms with Crippen LogP contribution < -0.4 is 15.4 Å². The molecule has 2 aromatic rings. The lowest BCUT2D eigenvalue weighted by Gasteiger charge is -2.40. The predicted molar refractivity (Wildman–Crippen MR) is 118 cm³/mol. The number of fused-ring (bicyclic) bond motifs is 1. The monoisotopic (exact) mass is 390 g/mol. The molecule has 1 aliphatic carbocycles. The Morgan fingerprint density at radius 2 is 1.55 bits per heavy atom. The third kappa shape index (κ3) is 4.22. The van der Waals surface area contributed by atoms with Crippen LogP contribution in [0, 0.1) is 17.8 Å². The summed E-state index contributed by atoms with van der Waals surface area (Å²) in [7, 11) is 0. The third-order valence-electron chi connectivity index (χ3n) is 7.59. The third-order valence-corrected chi connectivity index (χ3v) is 7.59. The summed E-state index contributed by atoms with van der Waals surface area (Å²) >= 11 is 0. The molecule has 0 spiro atoms. The van der Waals surface area contributed by atoms with E-state index in [2.05, 4.69) is 34.9 Å². The number of piperidine rings is 1. The van der Waals surface area contributed by atoms with Crippen LogP contribution in [0.4, 0.5) is 0 Å². The predicted octanol–water partition coefficient (Wildman–Crippen LogP) is 5.08. The largest absolute Gasteiger partial charge is 0.489 e. The molecule has 2 aliphatic heterocycles. The van der Waals surface area contributed by atoms with Crippen molar-refractivity contribution in [2.75, 3.05) is 13.1 Å². The fourth-order valence-electron chi connectivity index (χ4n) is 6.03. The zero-order valence-corrected chi connectivity index (χ0v) is 17.4. The number of para-hydroxylation sites is 1. The summed E-state index contributed by atoms with van der Waals surface area (Å²) in [4.78, 5) is 0. The maximum absolute atomic E-state index is 6.11. The lowest BCUT2D eigenvalue weighted by atomic mass is 9.71. The molecule has 1 saturated carbocycles. The molecule has 29 heavy (non-hydrogen) atoms. The molecular formula is C26H34N2O. The Labute approximate surface area is 175 Å². The van der Waals surface area contributed by atoms with Crippen molar-refractivity contribution >= 4 is 0 Å². The summed E-state index contributed by atoms with van der Waals surface area (Å²) in [6.07, 6.45) is 9.07. The highest BCUT2D eigenvalue weighted by atomic mass is 16.5. The van der Waals surface area contributed by atoms with Crippen molar-refractivity contribution in [3.05, 3.63) is 65.7 Å². The topological polar surface area (TPSA) is 33.3 Å². The SMILES string of the molecule is c1ccc(OCc2ccccc2C2CNC3NCC(C4CCCCC4)CC32)cc1. The lowest BCUT2D eigenvalue weighted by Crippen LogP contribution is -2.50. The van der Waals surface area contributed by atoms with Gasteiger partial charge in [-0.05, 0) is 54.0 Å². The Hall–Kier alpha value is -1.84. The van der Waals surface area contributed by atoms with Crippen molar-refractivity contribution in [3.8, 4) is 5.75 Å². The molecule has 0 radical (unpaired) electrons. The van der Waals surface area contributed by atoms with Crippen molar-refractivity contribution in [1.29, 1.82) is 0 Å². The number of rotatable bonds is 5. The maximum atomic E-state index is 6.11. The zero-order valence-electron chi connectivity index (χ0n) is 17.4. The number of hydrogen-bond acceptors (Lipinski definition) is 3. The van der Waals surface area contributed by atoms with Gasteiger partial charge in [0, 0.05) is 12.5 Å². The van der Waals surface area contributed by atoms with E-state index in [9.17, 15) is 0 Å². The van der Waals surface area contributed by atoms with E-state index in [1.807, 2.05) is 30.3 Å². The molecule has 3 heteroatoms. The Kier molecular flexibility index (Phi) is 5.87. The highest BCUT2D eigenvalue weighted by Gasteiger charge is 2.43. The number of ether oxygens (including phenoxy) is 1. The van der Waals surface area contributed by atoms with Gasteiger partial charge in [0.1, 0.15) is 12.4 Å². The van der Waals surface area contributed by atoms with E-state index in [1.54, 1.807) is 0 Å². The van der Waals surface area contributed by atoms with E-state index in [4.69, 9.17) is 4.74 Å². The quantitative estimate of drug-likeness (QED) is 0.746. The standard InChI is InChI=1S/C26H34N2O/c1-3-9-19(10-4-1)21-15-24-25(17-28-26(24)27-16-21)23-14-8-7-11-20(23)18-29-22-12-5-2-6-13-22/h2,5-8,11-14,19,21,24-28H,1,3-4,9-10,15-18H2. The maximum Gasteiger partial charge on any atom is 0.119 e. The van der Waals surface area contributed by atoms with Crippen LogP contribution in [0.15, 0.2) is 54.6 Å². The van der Waals surface area contributed by atoms with Crippen molar-refractivity contribution in [1.82, 2.24) is 10.6 Å². The fourth-order valence-corrected chi connectivity index (χ4v) is 6.03. The van der Waals surface area contributed by atoms with Gasteiger partial charge in [0.25, 0.3) is 0 Å². The first kappa shape index (κ1) is 19.1. The zero-order chi connectivity index (χ0) is 19.5. The highest BCUT2D eigenvalue weighted by molar-refractivity contribution is 5.33. The van der Waals surface area contributed by atoms with E-state index in [1.165, 1.54) is 56.2 Å². The molecule has 2 aromatic carbocycles. The Morgan fingerprint density at radius 1 is 0.793 bits per heavy atom. The molecule has 2 saturated heterocycles.